The highest BCUT2D eigenvalue weighted by molar-refractivity contribution is 5.90. The van der Waals surface area contributed by atoms with Gasteiger partial charge in [-0.2, -0.15) is 5.48 Å². The van der Waals surface area contributed by atoms with E-state index in [-0.39, 0.29) is 19.3 Å². The fraction of sp³-hybridized carbons (Fsp3) is 0.375. The number of unbranched alkanes of at least 4 members (excludes halogenated alkanes) is 3. The summed E-state index contributed by atoms with van der Waals surface area (Å²) < 4.78 is 0. The molecule has 1 amide bonds. The molecule has 0 heterocycles. The smallest absolute Gasteiger partial charge is 0.362 e. The number of carboxylic acids is 1. The summed E-state index contributed by atoms with van der Waals surface area (Å²) in [5.41, 5.74) is 9.45. The molecule has 0 spiro atoms. The number of hydroxylamine groups is 1. The first-order valence-electron chi connectivity index (χ1n) is 10.8. The maximum Gasteiger partial charge on any atom is 0.362 e. The molecule has 0 saturated heterocycles. The van der Waals surface area contributed by atoms with Crippen LogP contribution in [0.1, 0.15) is 62.2 Å². The number of carbonyl (C=O) groups excluding carboxylic acids is 2. The monoisotopic (exact) mass is 443 g/mol. The van der Waals surface area contributed by atoms with Gasteiger partial charge < -0.3 is 21.0 Å². The van der Waals surface area contributed by atoms with Gasteiger partial charge in [-0.3, -0.25) is 9.59 Å². The van der Waals surface area contributed by atoms with Gasteiger partial charge in [0.1, 0.15) is 0 Å². The van der Waals surface area contributed by atoms with Crippen molar-refractivity contribution in [1.82, 2.24) is 5.48 Å². The number of hydrogen-bond donors (Lipinski definition) is 4. The van der Waals surface area contributed by atoms with Gasteiger partial charge in [0.2, 0.25) is 0 Å². The van der Waals surface area contributed by atoms with Gasteiger partial charge in [-0.15, -0.1) is 0 Å². The van der Waals surface area contributed by atoms with Gasteiger partial charge in [-0.1, -0.05) is 44.4 Å². The number of benzene rings is 2. The van der Waals surface area contributed by atoms with E-state index in [1.165, 1.54) is 19.3 Å². The molecule has 0 radical (unpaired) electrons. The van der Waals surface area contributed by atoms with E-state index in [4.69, 9.17) is 15.7 Å². The number of hydrogen-bond acceptors (Lipinski definition) is 6. The average molecular weight is 444 g/mol. The number of para-hydroxylation sites is 1. The molecule has 5 N–H and O–H groups in total. The van der Waals surface area contributed by atoms with E-state index in [1.54, 1.807) is 24.3 Å². The van der Waals surface area contributed by atoms with Crippen LogP contribution in [-0.4, -0.2) is 29.5 Å². The van der Waals surface area contributed by atoms with E-state index >= 15 is 0 Å². The molecule has 0 saturated carbocycles. The lowest BCUT2D eigenvalue weighted by atomic mass is 10.2. The van der Waals surface area contributed by atoms with E-state index in [0.29, 0.717) is 5.56 Å². The molecular weight excluding hydrogens is 410 g/mol. The van der Waals surface area contributed by atoms with Gasteiger partial charge in [0.25, 0.3) is 5.91 Å². The molecule has 2 aromatic rings. The van der Waals surface area contributed by atoms with Crippen LogP contribution in [0.5, 0.6) is 0 Å². The van der Waals surface area contributed by atoms with Crippen LogP contribution < -0.4 is 16.5 Å². The first-order chi connectivity index (χ1) is 15.4. The maximum atomic E-state index is 11.8. The van der Waals surface area contributed by atoms with Crippen molar-refractivity contribution < 1.29 is 24.3 Å². The van der Waals surface area contributed by atoms with E-state index in [1.807, 2.05) is 35.8 Å². The molecule has 0 bridgehead atoms. The molecule has 0 aliphatic heterocycles. The number of carbonyl (C=O) groups is 3. The molecule has 0 fully saturated rings. The Labute approximate surface area is 189 Å². The van der Waals surface area contributed by atoms with Crippen molar-refractivity contribution in [1.29, 1.82) is 0 Å². The van der Waals surface area contributed by atoms with Crippen molar-refractivity contribution in [3.8, 4) is 0 Å². The van der Waals surface area contributed by atoms with Crippen molar-refractivity contribution in [3.05, 3.63) is 60.2 Å². The summed E-state index contributed by atoms with van der Waals surface area (Å²) in [7, 11) is 0. The van der Waals surface area contributed by atoms with E-state index < -0.39 is 17.8 Å². The number of amides is 1. The third-order valence-electron chi connectivity index (χ3n) is 4.33. The molecular formula is C24H33N3O5. The summed E-state index contributed by atoms with van der Waals surface area (Å²) in [6, 6.07) is 16.3. The van der Waals surface area contributed by atoms with Crippen molar-refractivity contribution in [2.24, 2.45) is 0 Å². The summed E-state index contributed by atoms with van der Waals surface area (Å²) in [6.07, 6.45) is 4.80. The predicted molar refractivity (Wildman–Crippen MR) is 125 cm³/mol. The zero-order valence-corrected chi connectivity index (χ0v) is 18.5. The lowest BCUT2D eigenvalue weighted by Crippen LogP contribution is -2.27. The maximum absolute atomic E-state index is 11.8. The van der Waals surface area contributed by atoms with Crippen LogP contribution >= 0.6 is 0 Å². The van der Waals surface area contributed by atoms with Gasteiger partial charge >= 0.3 is 11.9 Å². The van der Waals surface area contributed by atoms with Crippen LogP contribution in [0.3, 0.4) is 0 Å². The van der Waals surface area contributed by atoms with Gasteiger partial charge in [-0.25, -0.2) is 4.79 Å². The molecule has 0 aliphatic rings. The van der Waals surface area contributed by atoms with Crippen LogP contribution in [0.25, 0.3) is 0 Å². The molecule has 174 valence electrons. The summed E-state index contributed by atoms with van der Waals surface area (Å²) in [6.45, 7) is 3.06. The molecule has 0 atom stereocenters. The first kappa shape index (κ1) is 26.5. The summed E-state index contributed by atoms with van der Waals surface area (Å²) in [5, 5.41) is 11.8. The highest BCUT2D eigenvalue weighted by Crippen LogP contribution is 2.11. The minimum Gasteiger partial charge on any atom is -0.481 e. The third kappa shape index (κ3) is 12.9. The third-order valence-corrected chi connectivity index (χ3v) is 4.33. The number of aliphatic carboxylic acids is 1. The molecule has 0 aromatic heterocycles. The molecule has 8 nitrogen and oxygen atoms in total. The Morgan fingerprint density at radius 1 is 0.906 bits per heavy atom. The second-order valence-electron chi connectivity index (χ2n) is 7.14. The normalized spacial score (nSPS) is 9.78. The minimum absolute atomic E-state index is 0.0134. The standard InChI is InChI=1S/C18H26N2O5.C6H7N/c1-2-3-4-5-13-19-15-11-9-14(10-12-15)18(24)25-20-16(21)7-6-8-17(22)23;7-6-4-2-1-3-5-6/h9-12,19H,2-8,13H2,1H3,(H,20,21)(H,22,23);1-5H,7H2. The molecule has 2 rings (SSSR count). The van der Waals surface area contributed by atoms with Gasteiger partial charge in [-0.05, 0) is 49.2 Å². The second kappa shape index (κ2) is 16.2. The Morgan fingerprint density at radius 3 is 2.16 bits per heavy atom. The van der Waals surface area contributed by atoms with Gasteiger partial charge in [0.15, 0.2) is 0 Å². The second-order valence-corrected chi connectivity index (χ2v) is 7.14. The number of nitrogen functional groups attached to an aromatic ring is 1. The van der Waals surface area contributed by atoms with Crippen molar-refractivity contribution >= 4 is 29.2 Å². The average Bonchev–Trinajstić information content (AvgIpc) is 2.78. The molecule has 0 unspecified atom stereocenters. The Hall–Kier alpha value is -3.55. The SMILES string of the molecule is CCCCCCNc1ccc(C(=O)ONC(=O)CCCC(=O)O)cc1.Nc1ccccc1. The Bertz CT molecular complexity index is 810. The van der Waals surface area contributed by atoms with Crippen LogP contribution in [0.15, 0.2) is 54.6 Å². The fourth-order valence-electron chi connectivity index (χ4n) is 2.58. The fourth-order valence-corrected chi connectivity index (χ4v) is 2.58. The number of nitrogens with one attached hydrogen (secondary N) is 2. The Kier molecular flexibility index (Phi) is 13.4. The lowest BCUT2D eigenvalue weighted by Gasteiger charge is -2.08. The lowest BCUT2D eigenvalue weighted by molar-refractivity contribution is -0.137. The van der Waals surface area contributed by atoms with Crippen LogP contribution in [0, 0.1) is 0 Å². The molecule has 0 aliphatic carbocycles. The topological polar surface area (TPSA) is 131 Å². The quantitative estimate of drug-likeness (QED) is 0.230. The van der Waals surface area contributed by atoms with Gasteiger partial charge in [0, 0.05) is 30.8 Å². The summed E-state index contributed by atoms with van der Waals surface area (Å²) in [5.74, 6) is -2.16. The van der Waals surface area contributed by atoms with E-state index in [2.05, 4.69) is 12.2 Å². The zero-order chi connectivity index (χ0) is 23.6. The largest absolute Gasteiger partial charge is 0.481 e. The predicted octanol–water partition coefficient (Wildman–Crippen LogP) is 4.39. The van der Waals surface area contributed by atoms with Crippen LogP contribution in [0.2, 0.25) is 0 Å². The molecule has 8 heteroatoms. The molecule has 32 heavy (non-hydrogen) atoms. The zero-order valence-electron chi connectivity index (χ0n) is 18.5. The highest BCUT2D eigenvalue weighted by Gasteiger charge is 2.10. The Morgan fingerprint density at radius 2 is 1.59 bits per heavy atom. The van der Waals surface area contributed by atoms with Crippen molar-refractivity contribution in [2.75, 3.05) is 17.6 Å². The van der Waals surface area contributed by atoms with Crippen molar-refractivity contribution in [3.63, 3.8) is 0 Å². The summed E-state index contributed by atoms with van der Waals surface area (Å²) >= 11 is 0. The van der Waals surface area contributed by atoms with Gasteiger partial charge in [0.05, 0.1) is 5.56 Å². The number of carboxylic acid groups (broad SMARTS) is 1. The Balaban J connectivity index is 0.000000616. The molecule has 2 aromatic carbocycles. The number of anilines is 2. The van der Waals surface area contributed by atoms with Crippen LogP contribution in [0.4, 0.5) is 11.4 Å². The first-order valence-corrected chi connectivity index (χ1v) is 10.8. The minimum atomic E-state index is -0.969. The highest BCUT2D eigenvalue weighted by atomic mass is 16.7. The summed E-state index contributed by atoms with van der Waals surface area (Å²) in [4.78, 5) is 38.3. The van der Waals surface area contributed by atoms with E-state index in [0.717, 1.165) is 24.3 Å². The van der Waals surface area contributed by atoms with Crippen LogP contribution in [-0.2, 0) is 14.4 Å². The number of nitrogens with two attached hydrogens (primary N) is 1. The van der Waals surface area contributed by atoms with Crippen molar-refractivity contribution in [2.45, 2.75) is 51.9 Å². The van der Waals surface area contributed by atoms with E-state index in [9.17, 15) is 14.4 Å². The number of rotatable bonds is 11.